The van der Waals surface area contributed by atoms with Crippen LogP contribution in [0.15, 0.2) is 30.3 Å². The van der Waals surface area contributed by atoms with Crippen molar-refractivity contribution in [2.24, 2.45) is 0 Å². The van der Waals surface area contributed by atoms with E-state index < -0.39 is 10.0 Å². The number of nitrogens with zero attached hydrogens (tertiary/aromatic N) is 2. The molecule has 1 aromatic rings. The van der Waals surface area contributed by atoms with E-state index in [0.29, 0.717) is 13.1 Å². The first kappa shape index (κ1) is 15.4. The van der Waals surface area contributed by atoms with Crippen LogP contribution in [-0.4, -0.2) is 63.7 Å². The Morgan fingerprint density at radius 1 is 1.25 bits per heavy atom. The summed E-state index contributed by atoms with van der Waals surface area (Å²) in [5, 5.41) is 2.91. The third-order valence-corrected chi connectivity index (χ3v) is 5.56. The van der Waals surface area contributed by atoms with Gasteiger partial charge in [-0.1, -0.05) is 30.3 Å². The van der Waals surface area contributed by atoms with Crippen LogP contribution in [0.3, 0.4) is 0 Å². The summed E-state index contributed by atoms with van der Waals surface area (Å²) in [5.74, 6) is 0.149. The maximum absolute atomic E-state index is 12.5. The molecule has 2 rings (SSSR count). The van der Waals surface area contributed by atoms with Crippen molar-refractivity contribution >= 4 is 10.0 Å². The number of piperazine rings is 1. The summed E-state index contributed by atoms with van der Waals surface area (Å²) < 4.78 is 26.7. The smallest absolute Gasteiger partial charge is 0.216 e. The van der Waals surface area contributed by atoms with Crippen LogP contribution >= 0.6 is 0 Å². The fourth-order valence-electron chi connectivity index (χ4n) is 2.53. The molecule has 0 saturated carbocycles. The molecular formula is C14H23N3O2S. The van der Waals surface area contributed by atoms with Gasteiger partial charge in [0.2, 0.25) is 10.0 Å². The quantitative estimate of drug-likeness (QED) is 0.861. The fraction of sp³-hybridized carbons (Fsp3) is 0.571. The van der Waals surface area contributed by atoms with E-state index in [9.17, 15) is 8.42 Å². The van der Waals surface area contributed by atoms with Crippen LogP contribution in [0.25, 0.3) is 0 Å². The van der Waals surface area contributed by atoms with Crippen LogP contribution < -0.4 is 5.32 Å². The molecule has 1 aliphatic rings. The van der Waals surface area contributed by atoms with Crippen molar-refractivity contribution in [1.82, 2.24) is 14.5 Å². The number of benzene rings is 1. The van der Waals surface area contributed by atoms with Gasteiger partial charge in [0.15, 0.2) is 0 Å². The van der Waals surface area contributed by atoms with E-state index in [1.54, 1.807) is 11.4 Å². The third-order valence-electron chi connectivity index (χ3n) is 3.69. The topological polar surface area (TPSA) is 52.7 Å². The van der Waals surface area contributed by atoms with Gasteiger partial charge < -0.3 is 10.2 Å². The lowest BCUT2D eigenvalue weighted by Crippen LogP contribution is -2.50. The van der Waals surface area contributed by atoms with Gasteiger partial charge in [-0.25, -0.2) is 8.42 Å². The van der Waals surface area contributed by atoms with Crippen LogP contribution in [0.4, 0.5) is 0 Å². The molecule has 0 radical (unpaired) electrons. The van der Waals surface area contributed by atoms with Gasteiger partial charge in [-0.15, -0.1) is 0 Å². The molecule has 1 saturated heterocycles. The summed E-state index contributed by atoms with van der Waals surface area (Å²) in [6.45, 7) is 2.56. The SMILES string of the molecule is CNCCS(=O)(=O)N1CCN(C)CC1c1ccccc1. The Morgan fingerprint density at radius 3 is 2.60 bits per heavy atom. The third kappa shape index (κ3) is 3.58. The van der Waals surface area contributed by atoms with Gasteiger partial charge >= 0.3 is 0 Å². The first-order chi connectivity index (χ1) is 9.54. The number of sulfonamides is 1. The van der Waals surface area contributed by atoms with E-state index in [2.05, 4.69) is 10.2 Å². The molecule has 1 unspecified atom stereocenters. The van der Waals surface area contributed by atoms with E-state index >= 15 is 0 Å². The number of rotatable bonds is 5. The highest BCUT2D eigenvalue weighted by atomic mass is 32.2. The molecule has 6 heteroatoms. The zero-order valence-corrected chi connectivity index (χ0v) is 12.9. The molecule has 1 N–H and O–H groups in total. The molecule has 0 bridgehead atoms. The van der Waals surface area contributed by atoms with Crippen molar-refractivity contribution in [3.8, 4) is 0 Å². The van der Waals surface area contributed by atoms with E-state index in [4.69, 9.17) is 0 Å². The van der Waals surface area contributed by atoms with Crippen LogP contribution in [-0.2, 0) is 10.0 Å². The predicted octanol–water partition coefficient (Wildman–Crippen LogP) is 0.524. The lowest BCUT2D eigenvalue weighted by molar-refractivity contribution is 0.161. The number of likely N-dealkylation sites (N-methyl/N-ethyl adjacent to an activating group) is 1. The molecule has 112 valence electrons. The Balaban J connectivity index is 2.25. The standard InChI is InChI=1S/C14H23N3O2S/c1-15-8-11-20(18,19)17-10-9-16(2)12-14(17)13-6-4-3-5-7-13/h3-7,14-15H,8-12H2,1-2H3. The summed E-state index contributed by atoms with van der Waals surface area (Å²) in [6, 6.07) is 9.80. The molecule has 1 aliphatic heterocycles. The molecule has 1 aromatic carbocycles. The Hall–Kier alpha value is -0.950. The van der Waals surface area contributed by atoms with Crippen LogP contribution in [0.5, 0.6) is 0 Å². The monoisotopic (exact) mass is 297 g/mol. The second-order valence-electron chi connectivity index (χ2n) is 5.22. The fourth-order valence-corrected chi connectivity index (χ4v) is 4.16. The van der Waals surface area contributed by atoms with Gasteiger partial charge in [-0.05, 0) is 19.7 Å². The van der Waals surface area contributed by atoms with Gasteiger partial charge in [0, 0.05) is 26.2 Å². The number of hydrogen-bond donors (Lipinski definition) is 1. The van der Waals surface area contributed by atoms with Crippen molar-refractivity contribution in [2.75, 3.05) is 46.0 Å². The van der Waals surface area contributed by atoms with E-state index in [-0.39, 0.29) is 11.8 Å². The van der Waals surface area contributed by atoms with E-state index in [0.717, 1.165) is 18.7 Å². The summed E-state index contributed by atoms with van der Waals surface area (Å²) in [6.07, 6.45) is 0. The van der Waals surface area contributed by atoms with E-state index in [1.165, 1.54) is 0 Å². The Bertz CT molecular complexity index is 518. The molecule has 0 aromatic heterocycles. The normalized spacial score (nSPS) is 22.0. The van der Waals surface area contributed by atoms with Gasteiger partial charge in [0.25, 0.3) is 0 Å². The average molecular weight is 297 g/mol. The highest BCUT2D eigenvalue weighted by molar-refractivity contribution is 7.89. The average Bonchev–Trinajstić information content (AvgIpc) is 2.46. The molecule has 1 atom stereocenters. The Morgan fingerprint density at radius 2 is 1.95 bits per heavy atom. The molecule has 1 fully saturated rings. The van der Waals surface area contributed by atoms with Crippen LogP contribution in [0.1, 0.15) is 11.6 Å². The highest BCUT2D eigenvalue weighted by Gasteiger charge is 2.34. The highest BCUT2D eigenvalue weighted by Crippen LogP contribution is 2.27. The maximum atomic E-state index is 12.5. The zero-order chi connectivity index (χ0) is 14.6. The molecule has 0 aliphatic carbocycles. The van der Waals surface area contributed by atoms with Gasteiger partial charge in [-0.3, -0.25) is 0 Å². The van der Waals surface area contributed by atoms with Gasteiger partial charge in [-0.2, -0.15) is 4.31 Å². The van der Waals surface area contributed by atoms with Gasteiger partial charge in [0.1, 0.15) is 0 Å². The molecular weight excluding hydrogens is 274 g/mol. The number of hydrogen-bond acceptors (Lipinski definition) is 4. The van der Waals surface area contributed by atoms with Crippen molar-refractivity contribution in [3.05, 3.63) is 35.9 Å². The summed E-state index contributed by atoms with van der Waals surface area (Å²) in [4.78, 5) is 2.18. The van der Waals surface area contributed by atoms with Crippen LogP contribution in [0, 0.1) is 0 Å². The molecule has 20 heavy (non-hydrogen) atoms. The Labute approximate surface area is 121 Å². The first-order valence-corrected chi connectivity index (χ1v) is 8.53. The summed E-state index contributed by atoms with van der Waals surface area (Å²) in [5.41, 5.74) is 1.06. The van der Waals surface area contributed by atoms with E-state index in [1.807, 2.05) is 37.4 Å². The van der Waals surface area contributed by atoms with Gasteiger partial charge in [0.05, 0.1) is 11.8 Å². The van der Waals surface area contributed by atoms with Crippen LogP contribution in [0.2, 0.25) is 0 Å². The van der Waals surface area contributed by atoms with Crippen molar-refractivity contribution in [1.29, 1.82) is 0 Å². The molecule has 0 amide bonds. The molecule has 0 spiro atoms. The second-order valence-corrected chi connectivity index (χ2v) is 7.26. The second kappa shape index (κ2) is 6.67. The summed E-state index contributed by atoms with van der Waals surface area (Å²) in [7, 11) is 0.585. The zero-order valence-electron chi connectivity index (χ0n) is 12.1. The minimum Gasteiger partial charge on any atom is -0.319 e. The lowest BCUT2D eigenvalue weighted by Gasteiger charge is -2.39. The van der Waals surface area contributed by atoms with Crippen molar-refractivity contribution < 1.29 is 8.42 Å². The Kier molecular flexibility index (Phi) is 5.15. The van der Waals surface area contributed by atoms with Crippen molar-refractivity contribution in [3.63, 3.8) is 0 Å². The summed E-state index contributed by atoms with van der Waals surface area (Å²) >= 11 is 0. The minimum atomic E-state index is -3.22. The first-order valence-electron chi connectivity index (χ1n) is 6.92. The maximum Gasteiger partial charge on any atom is 0.216 e. The minimum absolute atomic E-state index is 0.0863. The van der Waals surface area contributed by atoms with Crippen molar-refractivity contribution in [2.45, 2.75) is 6.04 Å². The number of nitrogens with one attached hydrogen (secondary N) is 1. The molecule has 5 nitrogen and oxygen atoms in total. The largest absolute Gasteiger partial charge is 0.319 e. The predicted molar refractivity (Wildman–Crippen MR) is 81.1 cm³/mol. The lowest BCUT2D eigenvalue weighted by atomic mass is 10.1. The molecule has 1 heterocycles.